The molecule has 0 unspecified atom stereocenters. The summed E-state index contributed by atoms with van der Waals surface area (Å²) >= 11 is 0. The summed E-state index contributed by atoms with van der Waals surface area (Å²) in [4.78, 5) is 0. The molecule has 0 aliphatic carbocycles. The van der Waals surface area contributed by atoms with E-state index in [4.69, 9.17) is 4.74 Å². The van der Waals surface area contributed by atoms with Gasteiger partial charge in [-0.15, -0.1) is 0 Å². The normalized spacial score (nSPS) is 10.5. The maximum Gasteiger partial charge on any atom is 0.119 e. The quantitative estimate of drug-likeness (QED) is 0.899. The van der Waals surface area contributed by atoms with Crippen LogP contribution in [0, 0.1) is 13.8 Å². The summed E-state index contributed by atoms with van der Waals surface area (Å²) in [6.45, 7) is 5.16. The molecular weight excluding hydrogens is 234 g/mol. The van der Waals surface area contributed by atoms with Gasteiger partial charge in [0.2, 0.25) is 0 Å². The Morgan fingerprint density at radius 2 is 1.84 bits per heavy atom. The molecule has 2 rings (SSSR count). The second-order valence-electron chi connectivity index (χ2n) is 4.80. The highest BCUT2D eigenvalue weighted by atomic mass is 16.5. The highest BCUT2D eigenvalue weighted by molar-refractivity contribution is 5.72. The Morgan fingerprint density at radius 3 is 2.53 bits per heavy atom. The van der Waals surface area contributed by atoms with Crippen LogP contribution in [-0.2, 0) is 6.54 Å². The molecule has 2 heteroatoms. The number of methoxy groups -OCH3 is 1. The van der Waals surface area contributed by atoms with Crippen LogP contribution in [0.5, 0.6) is 5.75 Å². The topological polar surface area (TPSA) is 21.3 Å². The van der Waals surface area contributed by atoms with Crippen molar-refractivity contribution in [1.82, 2.24) is 5.32 Å². The Hall–Kier alpha value is -1.80. The fraction of sp³-hybridized carbons (Fsp3) is 0.294. The minimum atomic E-state index is 0.833. The van der Waals surface area contributed by atoms with Crippen molar-refractivity contribution in [3.63, 3.8) is 0 Å². The van der Waals surface area contributed by atoms with Crippen LogP contribution in [-0.4, -0.2) is 14.2 Å². The van der Waals surface area contributed by atoms with Crippen molar-refractivity contribution >= 4 is 0 Å². The van der Waals surface area contributed by atoms with Gasteiger partial charge in [-0.25, -0.2) is 0 Å². The van der Waals surface area contributed by atoms with Crippen molar-refractivity contribution in [3.05, 3.63) is 53.1 Å². The Balaban J connectivity index is 2.57. The van der Waals surface area contributed by atoms with Gasteiger partial charge in [0.1, 0.15) is 5.75 Å². The van der Waals surface area contributed by atoms with Crippen LogP contribution >= 0.6 is 0 Å². The van der Waals surface area contributed by atoms with Crippen LogP contribution in [0.15, 0.2) is 36.4 Å². The number of ether oxygens (including phenoxy) is 1. The summed E-state index contributed by atoms with van der Waals surface area (Å²) in [6.07, 6.45) is 0. The van der Waals surface area contributed by atoms with Crippen molar-refractivity contribution in [2.24, 2.45) is 0 Å². The van der Waals surface area contributed by atoms with E-state index in [-0.39, 0.29) is 0 Å². The van der Waals surface area contributed by atoms with E-state index in [0.29, 0.717) is 0 Å². The predicted molar refractivity (Wildman–Crippen MR) is 80.7 cm³/mol. The molecule has 2 nitrogen and oxygen atoms in total. The van der Waals surface area contributed by atoms with Crippen molar-refractivity contribution in [3.8, 4) is 16.9 Å². The molecule has 100 valence electrons. The molecule has 0 saturated carbocycles. The van der Waals surface area contributed by atoms with Gasteiger partial charge in [0.15, 0.2) is 0 Å². The summed E-state index contributed by atoms with van der Waals surface area (Å²) in [5.41, 5.74) is 6.49. The van der Waals surface area contributed by atoms with Gasteiger partial charge in [-0.3, -0.25) is 0 Å². The van der Waals surface area contributed by atoms with Gasteiger partial charge in [-0.05, 0) is 60.8 Å². The minimum absolute atomic E-state index is 0.833. The number of aryl methyl sites for hydroxylation is 1. The molecule has 0 spiro atoms. The van der Waals surface area contributed by atoms with E-state index in [1.165, 1.54) is 27.8 Å². The summed E-state index contributed by atoms with van der Waals surface area (Å²) in [6, 6.07) is 12.7. The molecule has 0 fully saturated rings. The lowest BCUT2D eigenvalue weighted by Gasteiger charge is -2.14. The van der Waals surface area contributed by atoms with Gasteiger partial charge in [0.05, 0.1) is 7.11 Å². The smallest absolute Gasteiger partial charge is 0.119 e. The number of hydrogen-bond acceptors (Lipinski definition) is 2. The molecule has 1 N–H and O–H groups in total. The second-order valence-corrected chi connectivity index (χ2v) is 4.80. The molecule has 0 aliphatic heterocycles. The maximum atomic E-state index is 5.32. The van der Waals surface area contributed by atoms with E-state index in [9.17, 15) is 0 Å². The van der Waals surface area contributed by atoms with Crippen molar-refractivity contribution < 1.29 is 4.74 Å². The monoisotopic (exact) mass is 255 g/mol. The lowest BCUT2D eigenvalue weighted by Crippen LogP contribution is -2.07. The third-order valence-corrected chi connectivity index (χ3v) is 3.57. The van der Waals surface area contributed by atoms with Crippen LogP contribution in [0.2, 0.25) is 0 Å². The Kier molecular flexibility index (Phi) is 4.23. The first-order valence-electron chi connectivity index (χ1n) is 6.55. The predicted octanol–water partition coefficient (Wildman–Crippen LogP) is 3.70. The molecule has 0 saturated heterocycles. The van der Waals surface area contributed by atoms with Gasteiger partial charge in [-0.1, -0.05) is 24.3 Å². The zero-order valence-corrected chi connectivity index (χ0v) is 12.1. The van der Waals surface area contributed by atoms with Crippen LogP contribution in [0.25, 0.3) is 11.1 Å². The number of nitrogens with one attached hydrogen (secondary N) is 1. The van der Waals surface area contributed by atoms with Crippen molar-refractivity contribution in [2.75, 3.05) is 14.2 Å². The van der Waals surface area contributed by atoms with E-state index in [2.05, 4.69) is 49.5 Å². The molecule has 0 bridgehead atoms. The van der Waals surface area contributed by atoms with Crippen molar-refractivity contribution in [1.29, 1.82) is 0 Å². The zero-order chi connectivity index (χ0) is 13.8. The van der Waals surface area contributed by atoms with E-state index < -0.39 is 0 Å². The average molecular weight is 255 g/mol. The van der Waals surface area contributed by atoms with Gasteiger partial charge < -0.3 is 10.1 Å². The van der Waals surface area contributed by atoms with Crippen LogP contribution in [0.1, 0.15) is 16.7 Å². The lowest BCUT2D eigenvalue weighted by molar-refractivity contribution is 0.414. The highest BCUT2D eigenvalue weighted by Gasteiger charge is 2.09. The molecule has 0 amide bonds. The molecule has 0 heterocycles. The Labute approximate surface area is 115 Å². The maximum absolute atomic E-state index is 5.32. The third kappa shape index (κ3) is 2.79. The molecule has 2 aromatic carbocycles. The molecule has 0 radical (unpaired) electrons. The fourth-order valence-electron chi connectivity index (χ4n) is 2.34. The fourth-order valence-corrected chi connectivity index (χ4v) is 2.34. The van der Waals surface area contributed by atoms with E-state index in [1.807, 2.05) is 13.1 Å². The van der Waals surface area contributed by atoms with Crippen LogP contribution < -0.4 is 10.1 Å². The second kappa shape index (κ2) is 5.89. The first-order chi connectivity index (χ1) is 9.17. The average Bonchev–Trinajstić information content (AvgIpc) is 2.42. The zero-order valence-electron chi connectivity index (χ0n) is 12.1. The molecule has 0 aromatic heterocycles. The summed E-state index contributed by atoms with van der Waals surface area (Å²) in [7, 11) is 3.67. The van der Waals surface area contributed by atoms with Crippen LogP contribution in [0.4, 0.5) is 0 Å². The Morgan fingerprint density at radius 1 is 1.05 bits per heavy atom. The standard InChI is InChI=1S/C17H21NO/c1-12-6-5-7-16(13(12)2)17-9-8-15(19-4)10-14(17)11-18-3/h5-10,18H,11H2,1-4H3. The molecular formula is C17H21NO. The highest BCUT2D eigenvalue weighted by Crippen LogP contribution is 2.31. The van der Waals surface area contributed by atoms with E-state index >= 15 is 0 Å². The lowest BCUT2D eigenvalue weighted by atomic mass is 9.93. The largest absolute Gasteiger partial charge is 0.497 e. The number of hydrogen-bond donors (Lipinski definition) is 1. The van der Waals surface area contributed by atoms with Crippen LogP contribution in [0.3, 0.4) is 0 Å². The van der Waals surface area contributed by atoms with Gasteiger partial charge in [0.25, 0.3) is 0 Å². The first-order valence-corrected chi connectivity index (χ1v) is 6.55. The molecule has 2 aromatic rings. The van der Waals surface area contributed by atoms with E-state index in [1.54, 1.807) is 7.11 Å². The summed E-state index contributed by atoms with van der Waals surface area (Å²) < 4.78 is 5.32. The van der Waals surface area contributed by atoms with Gasteiger partial charge in [-0.2, -0.15) is 0 Å². The summed E-state index contributed by atoms with van der Waals surface area (Å²) in [5.74, 6) is 0.902. The molecule has 0 aliphatic rings. The first kappa shape index (κ1) is 13.6. The van der Waals surface area contributed by atoms with Gasteiger partial charge >= 0.3 is 0 Å². The minimum Gasteiger partial charge on any atom is -0.497 e. The third-order valence-electron chi connectivity index (χ3n) is 3.57. The van der Waals surface area contributed by atoms with Crippen molar-refractivity contribution in [2.45, 2.75) is 20.4 Å². The number of rotatable bonds is 4. The number of benzene rings is 2. The molecule has 0 atom stereocenters. The van der Waals surface area contributed by atoms with Gasteiger partial charge in [0, 0.05) is 6.54 Å². The summed E-state index contributed by atoms with van der Waals surface area (Å²) in [5, 5.41) is 3.22. The SMILES string of the molecule is CNCc1cc(OC)ccc1-c1cccc(C)c1C. The van der Waals surface area contributed by atoms with E-state index in [0.717, 1.165) is 12.3 Å². The Bertz CT molecular complexity index is 575. The molecule has 19 heavy (non-hydrogen) atoms.